The van der Waals surface area contributed by atoms with E-state index in [1.54, 1.807) is 25.5 Å². The van der Waals surface area contributed by atoms with Gasteiger partial charge in [-0.05, 0) is 34.1 Å². The maximum absolute atomic E-state index is 11.1. The molecule has 2 aromatic carbocycles. The summed E-state index contributed by atoms with van der Waals surface area (Å²) < 4.78 is 12.1. The highest BCUT2D eigenvalue weighted by atomic mass is 79.9. The third-order valence-corrected chi connectivity index (χ3v) is 5.47. The Bertz CT molecular complexity index is 921. The van der Waals surface area contributed by atoms with Crippen molar-refractivity contribution in [1.82, 2.24) is 5.32 Å². The SMILES string of the molecule is COc1cc(C=NN=C2NC(=O)CS2)c(Br)cc1OCc1ccccc1Cl. The highest BCUT2D eigenvalue weighted by Gasteiger charge is 2.16. The minimum Gasteiger partial charge on any atom is -0.493 e. The van der Waals surface area contributed by atoms with Crippen LogP contribution in [0.5, 0.6) is 11.5 Å². The zero-order chi connectivity index (χ0) is 19.2. The largest absolute Gasteiger partial charge is 0.493 e. The summed E-state index contributed by atoms with van der Waals surface area (Å²) in [6.45, 7) is 0.320. The van der Waals surface area contributed by atoms with Gasteiger partial charge in [0.1, 0.15) is 6.61 Å². The van der Waals surface area contributed by atoms with E-state index in [9.17, 15) is 4.79 Å². The summed E-state index contributed by atoms with van der Waals surface area (Å²) >= 11 is 11.0. The fraction of sp³-hybridized carbons (Fsp3) is 0.167. The van der Waals surface area contributed by atoms with E-state index in [1.807, 2.05) is 24.3 Å². The smallest absolute Gasteiger partial charge is 0.236 e. The van der Waals surface area contributed by atoms with E-state index in [1.165, 1.54) is 11.8 Å². The summed E-state index contributed by atoms with van der Waals surface area (Å²) in [5, 5.41) is 11.7. The van der Waals surface area contributed by atoms with Gasteiger partial charge in [0.05, 0.1) is 19.1 Å². The standard InChI is InChI=1S/C18H15BrClN3O3S/c1-25-15-6-12(8-21-23-18-22-17(24)10-27-18)13(19)7-16(15)26-9-11-4-2-3-5-14(11)20/h2-8H,9-10H2,1H3,(H,22,23,24). The summed E-state index contributed by atoms with van der Waals surface area (Å²) in [6, 6.07) is 11.1. The van der Waals surface area contributed by atoms with Gasteiger partial charge < -0.3 is 14.8 Å². The number of carbonyl (C=O) groups excluding carboxylic acids is 1. The van der Waals surface area contributed by atoms with Crippen molar-refractivity contribution < 1.29 is 14.3 Å². The molecule has 0 aliphatic carbocycles. The molecule has 1 saturated heterocycles. The monoisotopic (exact) mass is 467 g/mol. The molecule has 9 heteroatoms. The number of halogens is 2. The van der Waals surface area contributed by atoms with Gasteiger partial charge in [0.25, 0.3) is 0 Å². The van der Waals surface area contributed by atoms with Crippen LogP contribution in [0.25, 0.3) is 0 Å². The van der Waals surface area contributed by atoms with Crippen LogP contribution in [-0.4, -0.2) is 30.2 Å². The number of hydrogen-bond acceptors (Lipinski definition) is 6. The van der Waals surface area contributed by atoms with E-state index in [2.05, 4.69) is 31.4 Å². The number of thioether (sulfide) groups is 1. The molecule has 0 saturated carbocycles. The molecule has 1 aliphatic rings. The van der Waals surface area contributed by atoms with Gasteiger partial charge in [0.15, 0.2) is 16.7 Å². The van der Waals surface area contributed by atoms with Crippen LogP contribution in [-0.2, 0) is 11.4 Å². The van der Waals surface area contributed by atoms with E-state index in [4.69, 9.17) is 21.1 Å². The van der Waals surface area contributed by atoms with Gasteiger partial charge in [-0.1, -0.05) is 41.6 Å². The lowest BCUT2D eigenvalue weighted by Crippen LogP contribution is -2.19. The molecule has 0 unspecified atom stereocenters. The number of amides is 1. The number of ether oxygens (including phenoxy) is 2. The molecule has 0 atom stereocenters. The zero-order valence-electron chi connectivity index (χ0n) is 14.2. The van der Waals surface area contributed by atoms with Gasteiger partial charge >= 0.3 is 0 Å². The molecule has 2 aromatic rings. The third-order valence-electron chi connectivity index (χ3n) is 3.56. The first-order valence-corrected chi connectivity index (χ1v) is 10.00. The van der Waals surface area contributed by atoms with E-state index in [0.29, 0.717) is 34.0 Å². The topological polar surface area (TPSA) is 72.3 Å². The number of methoxy groups -OCH3 is 1. The molecule has 0 aromatic heterocycles. The van der Waals surface area contributed by atoms with Gasteiger partial charge in [-0.2, -0.15) is 5.10 Å². The molecule has 1 N–H and O–H groups in total. The van der Waals surface area contributed by atoms with E-state index >= 15 is 0 Å². The molecule has 0 spiro atoms. The second kappa shape index (κ2) is 9.25. The minimum absolute atomic E-state index is 0.0724. The summed E-state index contributed by atoms with van der Waals surface area (Å²) in [5.41, 5.74) is 1.64. The van der Waals surface area contributed by atoms with Crippen molar-refractivity contribution in [3.63, 3.8) is 0 Å². The van der Waals surface area contributed by atoms with Gasteiger partial charge in [-0.15, -0.1) is 5.10 Å². The Labute approximate surface area is 174 Å². The van der Waals surface area contributed by atoms with E-state index in [-0.39, 0.29) is 5.91 Å². The molecule has 3 rings (SSSR count). The third kappa shape index (κ3) is 5.24. The number of nitrogens with one attached hydrogen (secondary N) is 1. The lowest BCUT2D eigenvalue weighted by Gasteiger charge is -2.13. The number of nitrogens with zero attached hydrogens (tertiary/aromatic N) is 2. The Balaban J connectivity index is 1.74. The van der Waals surface area contributed by atoms with Crippen LogP contribution in [0.2, 0.25) is 5.02 Å². The number of carbonyl (C=O) groups is 1. The van der Waals surface area contributed by atoms with E-state index in [0.717, 1.165) is 15.6 Å². The van der Waals surface area contributed by atoms with Crippen molar-refractivity contribution in [2.45, 2.75) is 6.61 Å². The molecule has 27 heavy (non-hydrogen) atoms. The maximum atomic E-state index is 11.1. The maximum Gasteiger partial charge on any atom is 0.236 e. The molecular weight excluding hydrogens is 454 g/mol. The molecule has 0 radical (unpaired) electrons. The zero-order valence-corrected chi connectivity index (χ0v) is 17.4. The minimum atomic E-state index is -0.0724. The number of amidine groups is 1. The van der Waals surface area contributed by atoms with Crippen LogP contribution in [0.4, 0.5) is 0 Å². The molecule has 0 bridgehead atoms. The van der Waals surface area contributed by atoms with Crippen molar-refractivity contribution in [3.8, 4) is 11.5 Å². The van der Waals surface area contributed by atoms with Crippen LogP contribution >= 0.6 is 39.3 Å². The fourth-order valence-electron chi connectivity index (χ4n) is 2.22. The van der Waals surface area contributed by atoms with Crippen LogP contribution in [0.3, 0.4) is 0 Å². The lowest BCUT2D eigenvalue weighted by molar-refractivity contribution is -0.116. The average molecular weight is 469 g/mol. The summed E-state index contributed by atoms with van der Waals surface area (Å²) in [4.78, 5) is 11.1. The van der Waals surface area contributed by atoms with Gasteiger partial charge in [-0.25, -0.2) is 0 Å². The quantitative estimate of drug-likeness (QED) is 0.508. The summed E-state index contributed by atoms with van der Waals surface area (Å²) in [6.07, 6.45) is 1.57. The second-order valence-electron chi connectivity index (χ2n) is 5.39. The molecule has 1 aliphatic heterocycles. The van der Waals surface area contributed by atoms with Crippen LogP contribution in [0.15, 0.2) is 51.1 Å². The Hall–Kier alpha value is -2.03. The predicted octanol–water partition coefficient (Wildman–Crippen LogP) is 4.24. The highest BCUT2D eigenvalue weighted by molar-refractivity contribution is 9.10. The first-order chi connectivity index (χ1) is 13.1. The molecule has 1 amide bonds. The molecule has 1 heterocycles. The first-order valence-electron chi connectivity index (χ1n) is 7.84. The van der Waals surface area contributed by atoms with Crippen molar-refractivity contribution >= 4 is 56.6 Å². The molecule has 6 nitrogen and oxygen atoms in total. The number of hydrogen-bond donors (Lipinski definition) is 1. The predicted molar refractivity (Wildman–Crippen MR) is 112 cm³/mol. The van der Waals surface area contributed by atoms with Crippen LogP contribution in [0, 0.1) is 0 Å². The van der Waals surface area contributed by atoms with Crippen molar-refractivity contribution in [3.05, 3.63) is 57.0 Å². The molecule has 140 valence electrons. The normalized spacial score (nSPS) is 15.4. The van der Waals surface area contributed by atoms with Crippen molar-refractivity contribution in [2.24, 2.45) is 10.2 Å². The van der Waals surface area contributed by atoms with Gasteiger partial charge in [0, 0.05) is 20.6 Å². The van der Waals surface area contributed by atoms with Gasteiger partial charge in [0.2, 0.25) is 5.91 Å². The van der Waals surface area contributed by atoms with Crippen LogP contribution in [0.1, 0.15) is 11.1 Å². The Kier molecular flexibility index (Phi) is 6.76. The Morgan fingerprint density at radius 1 is 1.33 bits per heavy atom. The van der Waals surface area contributed by atoms with E-state index < -0.39 is 0 Å². The van der Waals surface area contributed by atoms with Crippen molar-refractivity contribution in [1.29, 1.82) is 0 Å². The fourth-order valence-corrected chi connectivity index (χ4v) is 3.46. The van der Waals surface area contributed by atoms with Crippen LogP contribution < -0.4 is 14.8 Å². The summed E-state index contributed by atoms with van der Waals surface area (Å²) in [5.74, 6) is 1.43. The average Bonchev–Trinajstić information content (AvgIpc) is 3.07. The van der Waals surface area contributed by atoms with Crippen molar-refractivity contribution in [2.75, 3.05) is 12.9 Å². The second-order valence-corrected chi connectivity index (χ2v) is 7.62. The number of rotatable bonds is 6. The molecular formula is C18H15BrClN3O3S. The number of benzene rings is 2. The Morgan fingerprint density at radius 3 is 2.85 bits per heavy atom. The highest BCUT2D eigenvalue weighted by Crippen LogP contribution is 2.34. The summed E-state index contributed by atoms with van der Waals surface area (Å²) in [7, 11) is 1.57. The Morgan fingerprint density at radius 2 is 2.15 bits per heavy atom. The molecule has 1 fully saturated rings. The lowest BCUT2D eigenvalue weighted by atomic mass is 10.2. The van der Waals surface area contributed by atoms with Gasteiger partial charge in [-0.3, -0.25) is 4.79 Å². The first kappa shape index (κ1) is 19.7.